The van der Waals surface area contributed by atoms with Gasteiger partial charge in [0.25, 0.3) is 11.8 Å². The van der Waals surface area contributed by atoms with Crippen molar-refractivity contribution < 1.29 is 18.4 Å². The third-order valence-electron chi connectivity index (χ3n) is 5.02. The number of aromatic amines is 1. The number of carbonyl (C=O) groups is 2. The molecule has 1 aliphatic rings. The molecule has 2 aromatic heterocycles. The van der Waals surface area contributed by atoms with Crippen LogP contribution in [-0.4, -0.2) is 56.0 Å². The highest BCUT2D eigenvalue weighted by molar-refractivity contribution is 5.93. The number of halogens is 2. The van der Waals surface area contributed by atoms with Crippen molar-refractivity contribution in [3.8, 4) is 11.4 Å². The summed E-state index contributed by atoms with van der Waals surface area (Å²) >= 11 is 0. The minimum absolute atomic E-state index is 0.129. The summed E-state index contributed by atoms with van der Waals surface area (Å²) in [5, 5.41) is 9.88. The average molecular weight is 393 g/mol. The van der Waals surface area contributed by atoms with E-state index in [0.29, 0.717) is 30.8 Å². The van der Waals surface area contributed by atoms with Gasteiger partial charge in [-0.15, -0.1) is 0 Å². The van der Waals surface area contributed by atoms with Crippen LogP contribution in [-0.2, 0) is 11.8 Å². The Labute approximate surface area is 162 Å². The lowest BCUT2D eigenvalue weighted by atomic mass is 9.97. The number of carbonyl (C=O) groups excluding carboxylic acids is 2. The summed E-state index contributed by atoms with van der Waals surface area (Å²) in [4.78, 5) is 26.1. The lowest BCUT2D eigenvalue weighted by Crippen LogP contribution is -2.51. The first-order valence-electron chi connectivity index (χ1n) is 9.29. The number of likely N-dealkylation sites (tertiary alicyclic amines) is 1. The number of aryl methyl sites for hydroxylation is 1. The van der Waals surface area contributed by atoms with Gasteiger partial charge in [0.2, 0.25) is 5.91 Å². The lowest BCUT2D eigenvalue weighted by molar-refractivity contribution is -0.141. The number of nitrogens with zero attached hydrogens (tertiary/aromatic N) is 3. The third kappa shape index (κ3) is 4.58. The second-order valence-corrected chi connectivity index (χ2v) is 7.55. The summed E-state index contributed by atoms with van der Waals surface area (Å²) < 4.78 is 28.1. The van der Waals surface area contributed by atoms with E-state index in [9.17, 15) is 18.4 Å². The van der Waals surface area contributed by atoms with Crippen molar-refractivity contribution in [1.82, 2.24) is 25.0 Å². The van der Waals surface area contributed by atoms with Gasteiger partial charge in [-0.05, 0) is 44.9 Å². The number of nitrogens with one attached hydrogen (secondary N) is 2. The van der Waals surface area contributed by atoms with E-state index >= 15 is 0 Å². The SMILES string of the molecule is CC1CC(NC(=O)c2cc(-c3cccn3C)n[nH]2)CCN1C(=O)CC(C)(F)F. The van der Waals surface area contributed by atoms with Gasteiger partial charge in [-0.25, -0.2) is 8.78 Å². The Morgan fingerprint density at radius 1 is 1.43 bits per heavy atom. The summed E-state index contributed by atoms with van der Waals surface area (Å²) in [5.41, 5.74) is 1.92. The number of amides is 2. The number of hydrogen-bond acceptors (Lipinski definition) is 3. The Hall–Kier alpha value is -2.71. The van der Waals surface area contributed by atoms with Crippen molar-refractivity contribution in [1.29, 1.82) is 0 Å². The van der Waals surface area contributed by atoms with Crippen molar-refractivity contribution in [2.45, 2.75) is 51.1 Å². The molecule has 0 radical (unpaired) electrons. The van der Waals surface area contributed by atoms with E-state index in [1.165, 1.54) is 4.90 Å². The van der Waals surface area contributed by atoms with E-state index in [-0.39, 0.29) is 18.0 Å². The van der Waals surface area contributed by atoms with Crippen LogP contribution in [0.2, 0.25) is 0 Å². The van der Waals surface area contributed by atoms with Crippen LogP contribution in [0.15, 0.2) is 24.4 Å². The molecule has 28 heavy (non-hydrogen) atoms. The van der Waals surface area contributed by atoms with Crippen LogP contribution < -0.4 is 5.32 Å². The molecule has 0 spiro atoms. The van der Waals surface area contributed by atoms with Crippen molar-refractivity contribution in [2.24, 2.45) is 7.05 Å². The number of piperidine rings is 1. The zero-order chi connectivity index (χ0) is 20.5. The summed E-state index contributed by atoms with van der Waals surface area (Å²) in [6, 6.07) is 5.15. The standard InChI is InChI=1S/C19H25F2N5O2/c1-12-9-13(6-8-26(12)17(27)11-19(2,20)21)22-18(28)15-10-14(23-24-15)16-5-4-7-25(16)3/h4-5,7,10,12-13H,6,8-9,11H2,1-3H3,(H,22,28)(H,23,24). The molecule has 3 heterocycles. The van der Waals surface area contributed by atoms with Crippen LogP contribution in [0, 0.1) is 0 Å². The minimum atomic E-state index is -3.02. The zero-order valence-electron chi connectivity index (χ0n) is 16.2. The highest BCUT2D eigenvalue weighted by Crippen LogP contribution is 2.24. The largest absolute Gasteiger partial charge is 0.349 e. The molecule has 0 saturated carbocycles. The maximum absolute atomic E-state index is 13.1. The summed E-state index contributed by atoms with van der Waals surface area (Å²) in [6.07, 6.45) is 2.15. The van der Waals surface area contributed by atoms with Crippen molar-refractivity contribution >= 4 is 11.8 Å². The van der Waals surface area contributed by atoms with Crippen LogP contribution in [0.5, 0.6) is 0 Å². The Morgan fingerprint density at radius 2 is 2.18 bits per heavy atom. The lowest BCUT2D eigenvalue weighted by Gasteiger charge is -2.38. The van der Waals surface area contributed by atoms with Gasteiger partial charge in [-0.1, -0.05) is 0 Å². The topological polar surface area (TPSA) is 83.0 Å². The van der Waals surface area contributed by atoms with Gasteiger partial charge in [-0.3, -0.25) is 14.7 Å². The van der Waals surface area contributed by atoms with Crippen LogP contribution in [0.4, 0.5) is 8.78 Å². The van der Waals surface area contributed by atoms with E-state index in [1.54, 1.807) is 6.07 Å². The molecular formula is C19H25F2N5O2. The molecule has 2 amide bonds. The molecule has 0 bridgehead atoms. The number of alkyl halides is 2. The van der Waals surface area contributed by atoms with Gasteiger partial charge in [-0.2, -0.15) is 5.10 Å². The number of rotatable bonds is 5. The Balaban J connectivity index is 1.57. The van der Waals surface area contributed by atoms with Crippen LogP contribution in [0.25, 0.3) is 11.4 Å². The predicted octanol–water partition coefficient (Wildman–Crippen LogP) is 2.57. The Morgan fingerprint density at radius 3 is 2.79 bits per heavy atom. The van der Waals surface area contributed by atoms with Crippen molar-refractivity contribution in [3.63, 3.8) is 0 Å². The van der Waals surface area contributed by atoms with Crippen LogP contribution >= 0.6 is 0 Å². The molecule has 2 unspecified atom stereocenters. The summed E-state index contributed by atoms with van der Waals surface area (Å²) in [6.45, 7) is 2.91. The number of aromatic nitrogens is 3. The van der Waals surface area contributed by atoms with E-state index in [2.05, 4.69) is 15.5 Å². The Kier molecular flexibility index (Phi) is 5.53. The van der Waals surface area contributed by atoms with Crippen LogP contribution in [0.3, 0.4) is 0 Å². The quantitative estimate of drug-likeness (QED) is 0.819. The molecule has 1 saturated heterocycles. The second kappa shape index (κ2) is 7.73. The molecule has 152 valence electrons. The molecule has 2 atom stereocenters. The highest BCUT2D eigenvalue weighted by atomic mass is 19.3. The first-order chi connectivity index (χ1) is 13.1. The van der Waals surface area contributed by atoms with Gasteiger partial charge in [0.15, 0.2) is 0 Å². The van der Waals surface area contributed by atoms with E-state index in [1.807, 2.05) is 36.9 Å². The molecule has 0 aromatic carbocycles. The fourth-order valence-electron chi connectivity index (χ4n) is 3.60. The zero-order valence-corrected chi connectivity index (χ0v) is 16.2. The molecule has 3 rings (SSSR count). The van der Waals surface area contributed by atoms with Crippen molar-refractivity contribution in [2.75, 3.05) is 6.54 Å². The smallest absolute Gasteiger partial charge is 0.269 e. The maximum Gasteiger partial charge on any atom is 0.269 e. The van der Waals surface area contributed by atoms with Crippen molar-refractivity contribution in [3.05, 3.63) is 30.1 Å². The second-order valence-electron chi connectivity index (χ2n) is 7.55. The highest BCUT2D eigenvalue weighted by Gasteiger charge is 2.34. The number of H-pyrrole nitrogens is 1. The van der Waals surface area contributed by atoms with E-state index in [0.717, 1.165) is 12.6 Å². The van der Waals surface area contributed by atoms with E-state index in [4.69, 9.17) is 0 Å². The predicted molar refractivity (Wildman–Crippen MR) is 99.9 cm³/mol. The molecule has 7 nitrogen and oxygen atoms in total. The summed E-state index contributed by atoms with van der Waals surface area (Å²) in [7, 11) is 1.90. The first-order valence-corrected chi connectivity index (χ1v) is 9.29. The fourth-order valence-corrected chi connectivity index (χ4v) is 3.60. The molecule has 2 aromatic rings. The number of hydrogen-bond donors (Lipinski definition) is 2. The van der Waals surface area contributed by atoms with Gasteiger partial charge in [0, 0.05) is 31.9 Å². The molecule has 9 heteroatoms. The molecular weight excluding hydrogens is 368 g/mol. The minimum Gasteiger partial charge on any atom is -0.349 e. The molecule has 1 fully saturated rings. The van der Waals surface area contributed by atoms with E-state index < -0.39 is 18.3 Å². The third-order valence-corrected chi connectivity index (χ3v) is 5.02. The maximum atomic E-state index is 13.1. The van der Waals surface area contributed by atoms with Crippen LogP contribution in [0.1, 0.15) is 43.6 Å². The monoisotopic (exact) mass is 393 g/mol. The fraction of sp³-hybridized carbons (Fsp3) is 0.526. The average Bonchev–Trinajstić information content (AvgIpc) is 3.21. The van der Waals surface area contributed by atoms with Gasteiger partial charge in [0.05, 0.1) is 12.1 Å². The molecule has 1 aliphatic heterocycles. The van der Waals surface area contributed by atoms with Gasteiger partial charge < -0.3 is 14.8 Å². The Bertz CT molecular complexity index is 855. The van der Waals surface area contributed by atoms with Gasteiger partial charge >= 0.3 is 0 Å². The normalized spacial score (nSPS) is 20.2. The summed E-state index contributed by atoms with van der Waals surface area (Å²) in [5.74, 6) is -3.84. The molecule has 2 N–H and O–H groups in total. The molecule has 0 aliphatic carbocycles. The van der Waals surface area contributed by atoms with Gasteiger partial charge in [0.1, 0.15) is 11.4 Å². The first kappa shape index (κ1) is 20.0.